The van der Waals surface area contributed by atoms with Gasteiger partial charge in [0.1, 0.15) is 5.82 Å². The van der Waals surface area contributed by atoms with Gasteiger partial charge in [0.2, 0.25) is 0 Å². The molecule has 0 N–H and O–H groups in total. The zero-order valence-electron chi connectivity index (χ0n) is 12.1. The Balaban J connectivity index is 1.87. The first-order valence-electron chi connectivity index (χ1n) is 6.91. The molecule has 2 aromatic rings. The third-order valence-electron chi connectivity index (χ3n) is 3.80. The largest absolute Gasteiger partial charge is 0.324 e. The van der Waals surface area contributed by atoms with Crippen LogP contribution in [0, 0.1) is 12.7 Å². The lowest BCUT2D eigenvalue weighted by molar-refractivity contribution is 0.197. The molecule has 1 aliphatic heterocycles. The number of halogens is 1. The van der Waals surface area contributed by atoms with Crippen molar-refractivity contribution < 1.29 is 9.18 Å². The van der Waals surface area contributed by atoms with Gasteiger partial charge in [-0.25, -0.2) is 9.18 Å². The average Bonchev–Trinajstić information content (AvgIpc) is 2.46. The fourth-order valence-corrected chi connectivity index (χ4v) is 2.69. The number of hydrogen-bond acceptors (Lipinski definition) is 1. The highest BCUT2D eigenvalue weighted by Gasteiger charge is 2.27. The Labute approximate surface area is 123 Å². The van der Waals surface area contributed by atoms with Crippen LogP contribution in [0.4, 0.5) is 14.9 Å². The third kappa shape index (κ3) is 2.61. The Morgan fingerprint density at radius 3 is 2.57 bits per heavy atom. The smallest absolute Gasteiger partial charge is 0.316 e. The van der Waals surface area contributed by atoms with Gasteiger partial charge in [0.15, 0.2) is 0 Å². The summed E-state index contributed by atoms with van der Waals surface area (Å²) in [4.78, 5) is 15.9. The number of carbonyl (C=O) groups is 1. The van der Waals surface area contributed by atoms with Gasteiger partial charge < -0.3 is 4.90 Å². The van der Waals surface area contributed by atoms with E-state index in [1.54, 1.807) is 29.0 Å². The molecule has 0 aliphatic carbocycles. The van der Waals surface area contributed by atoms with E-state index in [4.69, 9.17) is 0 Å². The molecular weight excluding hydrogens is 267 g/mol. The van der Waals surface area contributed by atoms with Crippen LogP contribution in [-0.2, 0) is 13.1 Å². The molecule has 4 heteroatoms. The molecule has 1 heterocycles. The molecule has 1 aliphatic rings. The second-order valence-electron chi connectivity index (χ2n) is 5.46. The fraction of sp³-hybridized carbons (Fsp3) is 0.235. The van der Waals surface area contributed by atoms with Gasteiger partial charge >= 0.3 is 6.03 Å². The summed E-state index contributed by atoms with van der Waals surface area (Å²) in [7, 11) is 1.79. The van der Waals surface area contributed by atoms with E-state index >= 15 is 0 Å². The number of carbonyl (C=O) groups excluding carboxylic acids is 1. The van der Waals surface area contributed by atoms with Gasteiger partial charge in [-0.15, -0.1) is 0 Å². The molecular formula is C17H17FN2O. The molecule has 21 heavy (non-hydrogen) atoms. The second kappa shape index (κ2) is 5.20. The number of hydrogen-bond donors (Lipinski definition) is 0. The van der Waals surface area contributed by atoms with Gasteiger partial charge in [0.05, 0.1) is 5.69 Å². The Kier molecular flexibility index (Phi) is 3.37. The topological polar surface area (TPSA) is 23.6 Å². The van der Waals surface area contributed by atoms with Crippen molar-refractivity contribution >= 4 is 11.7 Å². The summed E-state index contributed by atoms with van der Waals surface area (Å²) in [6, 6.07) is 12.3. The lowest BCUT2D eigenvalue weighted by atomic mass is 10.1. The number of benzene rings is 2. The first-order valence-corrected chi connectivity index (χ1v) is 6.91. The first-order chi connectivity index (χ1) is 10.0. The highest BCUT2D eigenvalue weighted by atomic mass is 19.1. The summed E-state index contributed by atoms with van der Waals surface area (Å²) in [5, 5.41) is 0. The molecule has 0 saturated carbocycles. The maximum Gasteiger partial charge on any atom is 0.324 e. The van der Waals surface area contributed by atoms with Crippen LogP contribution in [0.1, 0.15) is 16.7 Å². The zero-order chi connectivity index (χ0) is 15.0. The van der Waals surface area contributed by atoms with E-state index in [2.05, 4.69) is 6.07 Å². The highest BCUT2D eigenvalue weighted by molar-refractivity contribution is 5.94. The number of rotatable bonds is 2. The SMILES string of the molecule is Cc1ccc2c(c1)CN(Cc1ccc(F)cc1)C(=O)N2C. The van der Waals surface area contributed by atoms with Crippen LogP contribution in [0.15, 0.2) is 42.5 Å². The van der Waals surface area contributed by atoms with Crippen LogP contribution in [0.25, 0.3) is 0 Å². The monoisotopic (exact) mass is 284 g/mol. The van der Waals surface area contributed by atoms with Crippen LogP contribution in [0.2, 0.25) is 0 Å². The van der Waals surface area contributed by atoms with Crippen LogP contribution in [0.5, 0.6) is 0 Å². The second-order valence-corrected chi connectivity index (χ2v) is 5.46. The predicted molar refractivity (Wildman–Crippen MR) is 80.6 cm³/mol. The minimum Gasteiger partial charge on any atom is -0.316 e. The van der Waals surface area contributed by atoms with E-state index in [9.17, 15) is 9.18 Å². The summed E-state index contributed by atoms with van der Waals surface area (Å²) in [5.41, 5.74) is 4.20. The zero-order valence-corrected chi connectivity index (χ0v) is 12.1. The van der Waals surface area contributed by atoms with Crippen molar-refractivity contribution in [2.75, 3.05) is 11.9 Å². The van der Waals surface area contributed by atoms with E-state index in [0.717, 1.165) is 16.8 Å². The Bertz CT molecular complexity index is 682. The normalized spacial score (nSPS) is 14.3. The van der Waals surface area contributed by atoms with Gasteiger partial charge in [-0.05, 0) is 36.2 Å². The summed E-state index contributed by atoms with van der Waals surface area (Å²) in [5.74, 6) is -0.262. The third-order valence-corrected chi connectivity index (χ3v) is 3.80. The van der Waals surface area contributed by atoms with E-state index < -0.39 is 0 Å². The van der Waals surface area contributed by atoms with Crippen molar-refractivity contribution in [1.29, 1.82) is 0 Å². The van der Waals surface area contributed by atoms with Gasteiger partial charge in [-0.1, -0.05) is 29.8 Å². The molecule has 0 unspecified atom stereocenters. The summed E-state index contributed by atoms with van der Waals surface area (Å²) < 4.78 is 13.0. The minimum atomic E-state index is -0.262. The van der Waals surface area contributed by atoms with E-state index in [1.807, 2.05) is 19.1 Å². The van der Waals surface area contributed by atoms with Crippen LogP contribution in [0.3, 0.4) is 0 Å². The van der Waals surface area contributed by atoms with Gasteiger partial charge in [0, 0.05) is 20.1 Å². The molecule has 0 radical (unpaired) electrons. The van der Waals surface area contributed by atoms with Crippen molar-refractivity contribution in [2.45, 2.75) is 20.0 Å². The molecule has 108 valence electrons. The maximum absolute atomic E-state index is 13.0. The highest BCUT2D eigenvalue weighted by Crippen LogP contribution is 2.29. The molecule has 0 bridgehead atoms. The predicted octanol–water partition coefficient (Wildman–Crippen LogP) is 3.71. The van der Waals surface area contributed by atoms with E-state index in [1.165, 1.54) is 17.7 Å². The van der Waals surface area contributed by atoms with Crippen molar-refractivity contribution in [3.63, 3.8) is 0 Å². The molecule has 0 saturated heterocycles. The maximum atomic E-state index is 13.0. The fourth-order valence-electron chi connectivity index (χ4n) is 2.69. The molecule has 0 aromatic heterocycles. The molecule has 3 rings (SSSR count). The van der Waals surface area contributed by atoms with Crippen LogP contribution in [-0.4, -0.2) is 18.0 Å². The number of urea groups is 1. The standard InChI is InChI=1S/C17H17FN2O/c1-12-3-8-16-14(9-12)11-20(17(21)19(16)2)10-13-4-6-15(18)7-5-13/h3-9H,10-11H2,1-2H3. The van der Waals surface area contributed by atoms with Gasteiger partial charge in [0.25, 0.3) is 0 Å². The summed E-state index contributed by atoms with van der Waals surface area (Å²) in [6.45, 7) is 3.11. The molecule has 0 atom stereocenters. The van der Waals surface area contributed by atoms with Gasteiger partial charge in [-0.3, -0.25) is 4.90 Å². The summed E-state index contributed by atoms with van der Waals surface area (Å²) >= 11 is 0. The lowest BCUT2D eigenvalue weighted by Crippen LogP contribution is -2.44. The Morgan fingerprint density at radius 1 is 1.14 bits per heavy atom. The van der Waals surface area contributed by atoms with Crippen molar-refractivity contribution in [3.8, 4) is 0 Å². The molecule has 0 fully saturated rings. The molecule has 3 nitrogen and oxygen atoms in total. The summed E-state index contributed by atoms with van der Waals surface area (Å²) in [6.07, 6.45) is 0. The number of nitrogens with zero attached hydrogens (tertiary/aromatic N) is 2. The Morgan fingerprint density at radius 2 is 1.86 bits per heavy atom. The number of aryl methyl sites for hydroxylation is 1. The lowest BCUT2D eigenvalue weighted by Gasteiger charge is -2.35. The van der Waals surface area contributed by atoms with Crippen molar-refractivity contribution in [1.82, 2.24) is 4.90 Å². The Hall–Kier alpha value is -2.36. The average molecular weight is 284 g/mol. The van der Waals surface area contributed by atoms with Crippen molar-refractivity contribution in [2.24, 2.45) is 0 Å². The van der Waals surface area contributed by atoms with Gasteiger partial charge in [-0.2, -0.15) is 0 Å². The number of anilines is 1. The minimum absolute atomic E-state index is 0.0318. The molecule has 2 aromatic carbocycles. The number of fused-ring (bicyclic) bond motifs is 1. The van der Waals surface area contributed by atoms with E-state index in [0.29, 0.717) is 13.1 Å². The van der Waals surface area contributed by atoms with Crippen LogP contribution < -0.4 is 4.90 Å². The number of amides is 2. The molecule has 2 amide bonds. The van der Waals surface area contributed by atoms with Crippen molar-refractivity contribution in [3.05, 3.63) is 65.0 Å². The van der Waals surface area contributed by atoms with Crippen LogP contribution >= 0.6 is 0 Å². The quantitative estimate of drug-likeness (QED) is 0.824. The molecule has 0 spiro atoms. The van der Waals surface area contributed by atoms with E-state index in [-0.39, 0.29) is 11.8 Å². The first kappa shape index (κ1) is 13.6.